The quantitative estimate of drug-likeness (QED) is 0.757. The van der Waals surface area contributed by atoms with Crippen LogP contribution in [0.3, 0.4) is 0 Å². The monoisotopic (exact) mass is 240 g/mol. The average molecular weight is 240 g/mol. The summed E-state index contributed by atoms with van der Waals surface area (Å²) in [7, 11) is 1.43. The van der Waals surface area contributed by atoms with Crippen LogP contribution >= 0.6 is 0 Å². The molecule has 2 aromatic heterocycles. The van der Waals surface area contributed by atoms with Crippen molar-refractivity contribution in [3.63, 3.8) is 0 Å². The molecule has 0 aliphatic rings. The Bertz CT molecular complexity index is 452. The van der Waals surface area contributed by atoms with Crippen LogP contribution in [0, 0.1) is 12.7 Å². The van der Waals surface area contributed by atoms with E-state index in [0.717, 1.165) is 11.1 Å². The standard InChI is InChI=1S/C9H9FN2O.2C2H6/c1-6-5-11-12-8(6)4-3-7(10)9(12)13-2;2*1-2/h3-5H,1-2H3;2*1-2H3. The van der Waals surface area contributed by atoms with E-state index in [4.69, 9.17) is 4.74 Å². The first kappa shape index (κ1) is 15.4. The van der Waals surface area contributed by atoms with Crippen molar-refractivity contribution < 1.29 is 9.13 Å². The lowest BCUT2D eigenvalue weighted by Crippen LogP contribution is -1.98. The number of methoxy groups -OCH3 is 1. The summed E-state index contributed by atoms with van der Waals surface area (Å²) < 4.78 is 19.5. The molecule has 96 valence electrons. The van der Waals surface area contributed by atoms with E-state index in [0.29, 0.717) is 0 Å². The van der Waals surface area contributed by atoms with Gasteiger partial charge in [0.2, 0.25) is 0 Å². The van der Waals surface area contributed by atoms with Crippen LogP contribution in [0.15, 0.2) is 18.3 Å². The van der Waals surface area contributed by atoms with Gasteiger partial charge in [-0.3, -0.25) is 0 Å². The number of halogens is 1. The Balaban J connectivity index is 0.000000581. The lowest BCUT2D eigenvalue weighted by Gasteiger charge is -2.03. The van der Waals surface area contributed by atoms with Crippen LogP contribution in [-0.2, 0) is 0 Å². The number of fused-ring (bicyclic) bond motifs is 1. The maximum Gasteiger partial charge on any atom is 0.251 e. The minimum absolute atomic E-state index is 0.144. The zero-order valence-electron chi connectivity index (χ0n) is 11.4. The summed E-state index contributed by atoms with van der Waals surface area (Å²) in [6, 6.07) is 3.06. The predicted octanol–water partition coefficient (Wildman–Crippen LogP) is 3.84. The van der Waals surface area contributed by atoms with Gasteiger partial charge in [-0.25, -0.2) is 4.39 Å². The molecular formula is C13H21FN2O. The molecule has 0 aliphatic heterocycles. The van der Waals surface area contributed by atoms with Gasteiger partial charge in [0.1, 0.15) is 0 Å². The topological polar surface area (TPSA) is 26.5 Å². The number of ether oxygens (including phenoxy) is 1. The number of aryl methyl sites for hydroxylation is 1. The zero-order chi connectivity index (χ0) is 13.4. The van der Waals surface area contributed by atoms with Crippen molar-refractivity contribution >= 4 is 5.52 Å². The molecule has 0 aromatic carbocycles. The molecule has 4 heteroatoms. The fourth-order valence-electron chi connectivity index (χ4n) is 1.31. The van der Waals surface area contributed by atoms with E-state index in [-0.39, 0.29) is 5.88 Å². The van der Waals surface area contributed by atoms with E-state index in [9.17, 15) is 4.39 Å². The molecule has 0 fully saturated rings. The summed E-state index contributed by atoms with van der Waals surface area (Å²) >= 11 is 0. The third kappa shape index (κ3) is 3.19. The molecule has 2 heterocycles. The normalized spacial score (nSPS) is 8.88. The first-order chi connectivity index (χ1) is 8.24. The molecule has 0 radical (unpaired) electrons. The second-order valence-corrected chi connectivity index (χ2v) is 2.82. The molecule has 0 unspecified atom stereocenters. The minimum Gasteiger partial charge on any atom is -0.479 e. The van der Waals surface area contributed by atoms with Crippen LogP contribution in [0.5, 0.6) is 5.88 Å². The lowest BCUT2D eigenvalue weighted by atomic mass is 10.3. The van der Waals surface area contributed by atoms with Crippen molar-refractivity contribution in [2.45, 2.75) is 34.6 Å². The van der Waals surface area contributed by atoms with Crippen molar-refractivity contribution in [2.24, 2.45) is 0 Å². The molecule has 0 N–H and O–H groups in total. The van der Waals surface area contributed by atoms with Crippen molar-refractivity contribution in [3.05, 3.63) is 29.7 Å². The third-order valence-corrected chi connectivity index (χ3v) is 1.98. The van der Waals surface area contributed by atoms with Gasteiger partial charge in [0.15, 0.2) is 5.82 Å². The molecule has 17 heavy (non-hydrogen) atoms. The Kier molecular flexibility index (Phi) is 6.94. The molecule has 0 spiro atoms. The smallest absolute Gasteiger partial charge is 0.251 e. The van der Waals surface area contributed by atoms with E-state index in [2.05, 4.69) is 5.10 Å². The summed E-state index contributed by atoms with van der Waals surface area (Å²) in [5, 5.41) is 4.00. The fourth-order valence-corrected chi connectivity index (χ4v) is 1.31. The number of nitrogens with zero attached hydrogens (tertiary/aromatic N) is 2. The van der Waals surface area contributed by atoms with Gasteiger partial charge in [0, 0.05) is 0 Å². The predicted molar refractivity (Wildman–Crippen MR) is 69.1 cm³/mol. The first-order valence-corrected chi connectivity index (χ1v) is 5.91. The number of aromatic nitrogens is 2. The second-order valence-electron chi connectivity index (χ2n) is 2.82. The molecule has 0 amide bonds. The van der Waals surface area contributed by atoms with Gasteiger partial charge in [0.25, 0.3) is 5.88 Å². The largest absolute Gasteiger partial charge is 0.479 e. The minimum atomic E-state index is -0.405. The molecule has 0 saturated carbocycles. The van der Waals surface area contributed by atoms with Gasteiger partial charge < -0.3 is 4.74 Å². The van der Waals surface area contributed by atoms with Crippen molar-refractivity contribution in [1.29, 1.82) is 0 Å². The summed E-state index contributed by atoms with van der Waals surface area (Å²) in [5.41, 5.74) is 1.86. The molecule has 0 bridgehead atoms. The molecular weight excluding hydrogens is 219 g/mol. The fraction of sp³-hybridized carbons (Fsp3) is 0.462. The van der Waals surface area contributed by atoms with Crippen LogP contribution in [0.1, 0.15) is 33.3 Å². The SMILES string of the molecule is CC.CC.COc1c(F)ccc2c(C)cnn12. The summed E-state index contributed by atoms with van der Waals surface area (Å²) in [5.74, 6) is -0.260. The maximum absolute atomic E-state index is 13.1. The molecule has 3 nitrogen and oxygen atoms in total. The van der Waals surface area contributed by atoms with Crippen LogP contribution in [0.2, 0.25) is 0 Å². The average Bonchev–Trinajstić information content (AvgIpc) is 2.76. The molecule has 0 atom stereocenters. The van der Waals surface area contributed by atoms with Crippen molar-refractivity contribution in [3.8, 4) is 5.88 Å². The Labute approximate surface area is 102 Å². The van der Waals surface area contributed by atoms with E-state index >= 15 is 0 Å². The van der Waals surface area contributed by atoms with E-state index in [1.54, 1.807) is 12.3 Å². The van der Waals surface area contributed by atoms with Gasteiger partial charge in [-0.1, -0.05) is 27.7 Å². The maximum atomic E-state index is 13.1. The van der Waals surface area contributed by atoms with Gasteiger partial charge in [-0.05, 0) is 24.6 Å². The van der Waals surface area contributed by atoms with E-state index < -0.39 is 5.82 Å². The van der Waals surface area contributed by atoms with Crippen LogP contribution in [0.25, 0.3) is 5.52 Å². The Morgan fingerprint density at radius 2 is 1.76 bits per heavy atom. The third-order valence-electron chi connectivity index (χ3n) is 1.98. The van der Waals surface area contributed by atoms with E-state index in [1.807, 2.05) is 34.6 Å². The lowest BCUT2D eigenvalue weighted by molar-refractivity contribution is 0.357. The summed E-state index contributed by atoms with van der Waals surface area (Å²) in [6.07, 6.45) is 1.68. The van der Waals surface area contributed by atoms with Crippen molar-refractivity contribution in [2.75, 3.05) is 7.11 Å². The van der Waals surface area contributed by atoms with Crippen LogP contribution in [0.4, 0.5) is 4.39 Å². The highest BCUT2D eigenvalue weighted by molar-refractivity contribution is 5.54. The van der Waals surface area contributed by atoms with Crippen LogP contribution in [-0.4, -0.2) is 16.7 Å². The number of hydrogen-bond donors (Lipinski definition) is 0. The summed E-state index contributed by atoms with van der Waals surface area (Å²) in [6.45, 7) is 9.92. The van der Waals surface area contributed by atoms with Gasteiger partial charge in [-0.2, -0.15) is 9.61 Å². The van der Waals surface area contributed by atoms with Gasteiger partial charge >= 0.3 is 0 Å². The number of rotatable bonds is 1. The highest BCUT2D eigenvalue weighted by atomic mass is 19.1. The van der Waals surface area contributed by atoms with Crippen molar-refractivity contribution in [1.82, 2.24) is 9.61 Å². The van der Waals surface area contributed by atoms with Crippen LogP contribution < -0.4 is 4.74 Å². The summed E-state index contributed by atoms with van der Waals surface area (Å²) in [4.78, 5) is 0. The highest BCUT2D eigenvalue weighted by Gasteiger charge is 2.09. The first-order valence-electron chi connectivity index (χ1n) is 5.91. The Hall–Kier alpha value is -1.58. The number of pyridine rings is 1. The molecule has 0 aliphatic carbocycles. The second kappa shape index (κ2) is 7.65. The molecule has 0 saturated heterocycles. The van der Waals surface area contributed by atoms with Gasteiger partial charge in [0.05, 0.1) is 18.8 Å². The van der Waals surface area contributed by atoms with Gasteiger partial charge in [-0.15, -0.1) is 0 Å². The Morgan fingerprint density at radius 1 is 1.18 bits per heavy atom. The molecule has 2 rings (SSSR count). The zero-order valence-corrected chi connectivity index (χ0v) is 11.4. The molecule has 2 aromatic rings. The van der Waals surface area contributed by atoms with E-state index in [1.165, 1.54) is 17.7 Å². The number of hydrogen-bond acceptors (Lipinski definition) is 2. The Morgan fingerprint density at radius 3 is 2.29 bits per heavy atom. The highest BCUT2D eigenvalue weighted by Crippen LogP contribution is 2.20.